The van der Waals surface area contributed by atoms with Crippen molar-refractivity contribution in [1.82, 2.24) is 10.3 Å². The van der Waals surface area contributed by atoms with Crippen LogP contribution in [0.1, 0.15) is 21.5 Å². The van der Waals surface area contributed by atoms with E-state index in [0.717, 1.165) is 16.5 Å². The van der Waals surface area contributed by atoms with Crippen molar-refractivity contribution in [3.05, 3.63) is 69.5 Å². The van der Waals surface area contributed by atoms with E-state index in [9.17, 15) is 9.59 Å². The van der Waals surface area contributed by atoms with Crippen LogP contribution in [0.15, 0.2) is 47.3 Å². The Hall–Kier alpha value is -3.28. The molecular weight excluding hydrogens is 332 g/mol. The third-order valence-electron chi connectivity index (χ3n) is 4.20. The van der Waals surface area contributed by atoms with Gasteiger partial charge in [0.05, 0.1) is 14.2 Å². The second-order valence-electron chi connectivity index (χ2n) is 5.92. The molecule has 0 radical (unpaired) electrons. The third kappa shape index (κ3) is 3.39. The number of aryl methyl sites for hydroxylation is 1. The number of aromatic amines is 1. The second kappa shape index (κ2) is 7.31. The Morgan fingerprint density at radius 3 is 2.42 bits per heavy atom. The molecule has 2 N–H and O–H groups in total. The number of ether oxygens (including phenoxy) is 2. The fourth-order valence-corrected chi connectivity index (χ4v) is 2.82. The molecule has 6 nitrogen and oxygen atoms in total. The molecule has 0 aliphatic heterocycles. The van der Waals surface area contributed by atoms with Gasteiger partial charge in [0.15, 0.2) is 0 Å². The molecule has 1 heterocycles. The third-order valence-corrected chi connectivity index (χ3v) is 4.20. The van der Waals surface area contributed by atoms with E-state index in [1.165, 1.54) is 14.2 Å². The Labute approximate surface area is 150 Å². The standard InChI is InChI=1S/C20H20N2O4/c1-12-9-14-10-13(7-8-15(14)22-19(12)23)11-21-20(24)18-16(25-2)5-4-6-17(18)26-3/h4-10H,11H2,1-3H3,(H,21,24)(H,22,23). The summed E-state index contributed by atoms with van der Waals surface area (Å²) >= 11 is 0. The maximum atomic E-state index is 12.6. The minimum absolute atomic E-state index is 0.0955. The summed E-state index contributed by atoms with van der Waals surface area (Å²) in [6, 6.07) is 12.7. The summed E-state index contributed by atoms with van der Waals surface area (Å²) in [6.45, 7) is 2.11. The van der Waals surface area contributed by atoms with E-state index < -0.39 is 0 Å². The number of rotatable bonds is 5. The fourth-order valence-electron chi connectivity index (χ4n) is 2.82. The number of H-pyrrole nitrogens is 1. The summed E-state index contributed by atoms with van der Waals surface area (Å²) in [6.07, 6.45) is 0. The average Bonchev–Trinajstić information content (AvgIpc) is 2.66. The molecule has 3 rings (SSSR count). The number of amides is 1. The first-order valence-corrected chi connectivity index (χ1v) is 8.15. The fraction of sp³-hybridized carbons (Fsp3) is 0.200. The molecule has 0 spiro atoms. The topological polar surface area (TPSA) is 80.4 Å². The van der Waals surface area contributed by atoms with Crippen LogP contribution in [0.25, 0.3) is 10.9 Å². The van der Waals surface area contributed by atoms with Gasteiger partial charge in [-0.05, 0) is 48.2 Å². The van der Waals surface area contributed by atoms with E-state index in [-0.39, 0.29) is 11.5 Å². The predicted octanol–water partition coefficient (Wildman–Crippen LogP) is 2.78. The number of aromatic nitrogens is 1. The number of methoxy groups -OCH3 is 2. The minimum Gasteiger partial charge on any atom is -0.496 e. The number of carbonyl (C=O) groups excluding carboxylic acids is 1. The quantitative estimate of drug-likeness (QED) is 0.740. The highest BCUT2D eigenvalue weighted by Crippen LogP contribution is 2.28. The van der Waals surface area contributed by atoms with Gasteiger partial charge in [-0.15, -0.1) is 0 Å². The second-order valence-corrected chi connectivity index (χ2v) is 5.92. The summed E-state index contributed by atoms with van der Waals surface area (Å²) in [5.41, 5.74) is 2.60. The molecular formula is C20H20N2O4. The zero-order valence-corrected chi connectivity index (χ0v) is 14.9. The largest absolute Gasteiger partial charge is 0.496 e. The highest BCUT2D eigenvalue weighted by atomic mass is 16.5. The first kappa shape index (κ1) is 17.5. The van der Waals surface area contributed by atoms with E-state index in [0.29, 0.717) is 29.2 Å². The predicted molar refractivity (Wildman–Crippen MR) is 100 cm³/mol. The maximum absolute atomic E-state index is 12.6. The summed E-state index contributed by atoms with van der Waals surface area (Å²) < 4.78 is 10.5. The zero-order chi connectivity index (χ0) is 18.7. The van der Waals surface area contributed by atoms with Gasteiger partial charge in [0.25, 0.3) is 11.5 Å². The Morgan fingerprint density at radius 1 is 1.08 bits per heavy atom. The molecule has 0 saturated carbocycles. The van der Waals surface area contributed by atoms with Gasteiger partial charge in [0.2, 0.25) is 0 Å². The number of fused-ring (bicyclic) bond motifs is 1. The lowest BCUT2D eigenvalue weighted by molar-refractivity contribution is 0.0944. The molecule has 6 heteroatoms. The number of pyridine rings is 1. The lowest BCUT2D eigenvalue weighted by Gasteiger charge is -2.13. The smallest absolute Gasteiger partial charge is 0.259 e. The highest BCUT2D eigenvalue weighted by Gasteiger charge is 2.17. The molecule has 1 amide bonds. The van der Waals surface area contributed by atoms with E-state index in [4.69, 9.17) is 9.47 Å². The molecule has 0 atom stereocenters. The van der Waals surface area contributed by atoms with Crippen LogP contribution in [0.4, 0.5) is 0 Å². The number of hydrogen-bond acceptors (Lipinski definition) is 4. The van der Waals surface area contributed by atoms with Gasteiger partial charge in [0.1, 0.15) is 17.1 Å². The van der Waals surface area contributed by atoms with Crippen molar-refractivity contribution in [2.45, 2.75) is 13.5 Å². The van der Waals surface area contributed by atoms with E-state index in [1.807, 2.05) is 24.3 Å². The van der Waals surface area contributed by atoms with Gasteiger partial charge in [-0.2, -0.15) is 0 Å². The van der Waals surface area contributed by atoms with Gasteiger partial charge >= 0.3 is 0 Å². The Morgan fingerprint density at radius 2 is 1.77 bits per heavy atom. The van der Waals surface area contributed by atoms with Gasteiger partial charge in [0, 0.05) is 17.6 Å². The minimum atomic E-state index is -0.281. The van der Waals surface area contributed by atoms with Crippen molar-refractivity contribution in [2.75, 3.05) is 14.2 Å². The number of carbonyl (C=O) groups is 1. The molecule has 0 fully saturated rings. The summed E-state index contributed by atoms with van der Waals surface area (Å²) in [5, 5.41) is 3.80. The zero-order valence-electron chi connectivity index (χ0n) is 14.9. The van der Waals surface area contributed by atoms with Gasteiger partial charge < -0.3 is 19.8 Å². The van der Waals surface area contributed by atoms with Gasteiger partial charge in [-0.3, -0.25) is 9.59 Å². The summed E-state index contributed by atoms with van der Waals surface area (Å²) in [4.78, 5) is 27.1. The molecule has 134 valence electrons. The molecule has 2 aromatic carbocycles. The highest BCUT2D eigenvalue weighted by molar-refractivity contribution is 5.99. The van der Waals surface area contributed by atoms with Gasteiger partial charge in [-0.1, -0.05) is 12.1 Å². The number of benzene rings is 2. The molecule has 0 aliphatic carbocycles. The van der Waals surface area contributed by atoms with E-state index in [2.05, 4.69) is 10.3 Å². The van der Waals surface area contributed by atoms with Crippen LogP contribution in [0, 0.1) is 6.92 Å². The van der Waals surface area contributed by atoms with Crippen molar-refractivity contribution in [3.8, 4) is 11.5 Å². The Kier molecular flexibility index (Phi) is 4.93. The van der Waals surface area contributed by atoms with Gasteiger partial charge in [-0.25, -0.2) is 0 Å². The molecule has 3 aromatic rings. The maximum Gasteiger partial charge on any atom is 0.259 e. The molecule has 0 saturated heterocycles. The Balaban J connectivity index is 1.83. The van der Waals surface area contributed by atoms with Crippen LogP contribution in [-0.4, -0.2) is 25.1 Å². The van der Waals surface area contributed by atoms with Crippen molar-refractivity contribution in [1.29, 1.82) is 0 Å². The van der Waals surface area contributed by atoms with Crippen LogP contribution in [0.5, 0.6) is 11.5 Å². The van der Waals surface area contributed by atoms with Crippen molar-refractivity contribution in [3.63, 3.8) is 0 Å². The number of hydrogen-bond donors (Lipinski definition) is 2. The first-order chi connectivity index (χ1) is 12.5. The lowest BCUT2D eigenvalue weighted by atomic mass is 10.1. The van der Waals surface area contributed by atoms with Crippen LogP contribution in [0.3, 0.4) is 0 Å². The SMILES string of the molecule is COc1cccc(OC)c1C(=O)NCc1ccc2[nH]c(=O)c(C)cc2c1. The first-order valence-electron chi connectivity index (χ1n) is 8.15. The Bertz CT molecular complexity index is 1000. The molecule has 0 bridgehead atoms. The van der Waals surface area contributed by atoms with Crippen LogP contribution in [-0.2, 0) is 6.54 Å². The molecule has 1 aromatic heterocycles. The normalized spacial score (nSPS) is 10.6. The van der Waals surface area contributed by atoms with Crippen molar-refractivity contribution >= 4 is 16.8 Å². The monoisotopic (exact) mass is 352 g/mol. The molecule has 26 heavy (non-hydrogen) atoms. The van der Waals surface area contributed by atoms with Crippen LogP contribution < -0.4 is 20.3 Å². The summed E-state index contributed by atoms with van der Waals surface area (Å²) in [7, 11) is 3.02. The van der Waals surface area contributed by atoms with Crippen molar-refractivity contribution < 1.29 is 14.3 Å². The molecule has 0 aliphatic rings. The molecule has 0 unspecified atom stereocenters. The average molecular weight is 352 g/mol. The lowest BCUT2D eigenvalue weighted by Crippen LogP contribution is -2.24. The van der Waals surface area contributed by atoms with E-state index >= 15 is 0 Å². The van der Waals surface area contributed by atoms with Crippen LogP contribution >= 0.6 is 0 Å². The summed E-state index contributed by atoms with van der Waals surface area (Å²) in [5.74, 6) is 0.624. The number of nitrogens with one attached hydrogen (secondary N) is 2. The van der Waals surface area contributed by atoms with Crippen molar-refractivity contribution in [2.24, 2.45) is 0 Å². The van der Waals surface area contributed by atoms with E-state index in [1.54, 1.807) is 25.1 Å². The van der Waals surface area contributed by atoms with Crippen LogP contribution in [0.2, 0.25) is 0 Å².